The van der Waals surface area contributed by atoms with Gasteiger partial charge in [0.15, 0.2) is 5.13 Å². The Morgan fingerprint density at radius 1 is 1.30 bits per heavy atom. The first-order valence-corrected chi connectivity index (χ1v) is 13.2. The Morgan fingerprint density at radius 3 is 2.65 bits per heavy atom. The molecular weight excluding hydrogens is 541 g/mol. The number of amides is 1. The topological polar surface area (TPSA) is 130 Å². The minimum absolute atomic E-state index is 0.0172. The molecule has 3 aromatic rings. The smallest absolute Gasteiger partial charge is 0.350 e. The molecule has 3 heterocycles. The lowest BCUT2D eigenvalue weighted by atomic mass is 10.1. The van der Waals surface area contributed by atoms with Crippen LogP contribution >= 0.6 is 34.5 Å². The molecule has 2 aromatic heterocycles. The summed E-state index contributed by atoms with van der Waals surface area (Å²) in [6.07, 6.45) is 0.268. The van der Waals surface area contributed by atoms with Crippen molar-refractivity contribution in [1.82, 2.24) is 15.3 Å². The maximum Gasteiger partial charge on any atom is 0.350 e. The van der Waals surface area contributed by atoms with E-state index >= 15 is 0 Å². The van der Waals surface area contributed by atoms with Gasteiger partial charge in [-0.3, -0.25) is 14.9 Å². The molecule has 194 valence electrons. The molecule has 1 amide bonds. The number of esters is 1. The Morgan fingerprint density at radius 2 is 2.03 bits per heavy atom. The first kappa shape index (κ1) is 25.5. The predicted molar refractivity (Wildman–Crippen MR) is 140 cm³/mol. The number of H-pyrrole nitrogens is 1. The fourth-order valence-corrected chi connectivity index (χ4v) is 6.18. The molecule has 1 aromatic carbocycles. The van der Waals surface area contributed by atoms with E-state index in [0.29, 0.717) is 45.1 Å². The average Bonchev–Trinajstić information content (AvgIpc) is 3.22. The normalized spacial score (nSPS) is 20.0. The van der Waals surface area contributed by atoms with Crippen molar-refractivity contribution in [3.63, 3.8) is 0 Å². The first-order valence-electron chi connectivity index (χ1n) is 11.7. The predicted octanol–water partition coefficient (Wildman–Crippen LogP) is 4.63. The highest BCUT2D eigenvalue weighted by atomic mass is 35.5. The number of aromatic nitrogens is 2. The highest BCUT2D eigenvalue weighted by Crippen LogP contribution is 2.48. The third kappa shape index (κ3) is 4.90. The largest absolute Gasteiger partial charge is 0.462 e. The number of fused-ring (bicyclic) bond motifs is 1. The Kier molecular flexibility index (Phi) is 6.86. The Hall–Kier alpha value is -3.15. The zero-order chi connectivity index (χ0) is 26.4. The molecule has 1 unspecified atom stereocenters. The summed E-state index contributed by atoms with van der Waals surface area (Å²) in [6, 6.07) is 6.31. The zero-order valence-electron chi connectivity index (χ0n) is 19.9. The van der Waals surface area contributed by atoms with Crippen LogP contribution in [0.25, 0.3) is 0 Å². The maximum absolute atomic E-state index is 12.7. The lowest BCUT2D eigenvalue weighted by Gasteiger charge is -2.19. The number of benzene rings is 1. The highest BCUT2D eigenvalue weighted by Gasteiger charge is 2.57. The summed E-state index contributed by atoms with van der Waals surface area (Å²) < 4.78 is 5.23. The monoisotopic (exact) mass is 563 g/mol. The van der Waals surface area contributed by atoms with Gasteiger partial charge in [-0.2, -0.15) is 0 Å². The van der Waals surface area contributed by atoms with Crippen LogP contribution in [0.5, 0.6) is 0 Å². The number of piperidine rings is 1. The van der Waals surface area contributed by atoms with Crippen LogP contribution in [-0.4, -0.2) is 52.5 Å². The minimum atomic E-state index is -0.460. The molecule has 1 aliphatic heterocycles. The third-order valence-electron chi connectivity index (χ3n) is 6.68. The quantitative estimate of drug-likeness (QED) is 0.232. The summed E-state index contributed by atoms with van der Waals surface area (Å²) in [5.41, 5.74) is 2.09. The number of thiazole rings is 1. The number of anilines is 1. The van der Waals surface area contributed by atoms with Gasteiger partial charge in [-0.25, -0.2) is 9.78 Å². The van der Waals surface area contributed by atoms with E-state index in [-0.39, 0.29) is 53.2 Å². The SMILES string of the molecule is CCOC(=O)c1sc(N2C[C@@H]3C(NC(=O)c4[nH]c(C)c(Cl)c4Cl)[C@@H]3C2)nc1Cc1cccc([N+](=O)[O-])c1. The molecule has 1 saturated heterocycles. The molecule has 1 saturated carbocycles. The number of ether oxygens (including phenoxy) is 1. The third-order valence-corrected chi connectivity index (χ3v) is 8.77. The standard InChI is InChI=1S/C24H23Cl2N5O5S/c1-3-36-23(33)21-16(8-12-5-4-6-13(7-12)31(34)35)28-24(37-21)30-9-14-15(10-30)19(14)29-22(32)20-18(26)17(25)11(2)27-20/h4-7,14-15,19,27H,3,8-10H2,1-2H3,(H,29,32)/t14-,15+,19?. The summed E-state index contributed by atoms with van der Waals surface area (Å²) in [4.78, 5) is 46.2. The van der Waals surface area contributed by atoms with Crippen molar-refractivity contribution in [3.05, 3.63) is 71.9 Å². The number of nitro benzene ring substituents is 1. The summed E-state index contributed by atoms with van der Waals surface area (Å²) in [5, 5.41) is 15.4. The average molecular weight is 564 g/mol. The van der Waals surface area contributed by atoms with Gasteiger partial charge >= 0.3 is 5.97 Å². The first-order chi connectivity index (χ1) is 17.7. The summed E-state index contributed by atoms with van der Waals surface area (Å²) in [7, 11) is 0. The van der Waals surface area contributed by atoms with Crippen molar-refractivity contribution in [2.45, 2.75) is 26.3 Å². The molecule has 2 fully saturated rings. The number of nitro groups is 1. The van der Waals surface area contributed by atoms with Crippen LogP contribution in [0.4, 0.5) is 10.8 Å². The second kappa shape index (κ2) is 9.96. The number of hydrogen-bond acceptors (Lipinski definition) is 8. The molecule has 10 nitrogen and oxygen atoms in total. The number of non-ortho nitro benzene ring substituents is 1. The number of carbonyl (C=O) groups excluding carboxylic acids is 2. The summed E-state index contributed by atoms with van der Waals surface area (Å²) >= 11 is 13.5. The molecule has 1 aliphatic carbocycles. The van der Waals surface area contributed by atoms with Gasteiger partial charge in [-0.15, -0.1) is 0 Å². The minimum Gasteiger partial charge on any atom is -0.462 e. The van der Waals surface area contributed by atoms with Crippen molar-refractivity contribution in [2.75, 3.05) is 24.6 Å². The van der Waals surface area contributed by atoms with Gasteiger partial charge in [0.1, 0.15) is 10.6 Å². The number of hydrogen-bond donors (Lipinski definition) is 2. The van der Waals surface area contributed by atoms with E-state index in [1.54, 1.807) is 26.0 Å². The van der Waals surface area contributed by atoms with E-state index in [2.05, 4.69) is 15.2 Å². The van der Waals surface area contributed by atoms with Crippen molar-refractivity contribution < 1.29 is 19.2 Å². The lowest BCUT2D eigenvalue weighted by Crippen LogP contribution is -2.34. The van der Waals surface area contributed by atoms with E-state index in [0.717, 1.165) is 0 Å². The Balaban J connectivity index is 1.28. The van der Waals surface area contributed by atoms with Crippen LogP contribution < -0.4 is 10.2 Å². The van der Waals surface area contributed by atoms with Crippen LogP contribution in [0.3, 0.4) is 0 Å². The van der Waals surface area contributed by atoms with Gasteiger partial charge < -0.3 is 19.9 Å². The van der Waals surface area contributed by atoms with Gasteiger partial charge in [0, 0.05) is 55.2 Å². The number of nitrogens with one attached hydrogen (secondary N) is 2. The van der Waals surface area contributed by atoms with E-state index in [1.165, 1.54) is 23.5 Å². The highest BCUT2D eigenvalue weighted by molar-refractivity contribution is 7.17. The number of aryl methyl sites for hydroxylation is 1. The van der Waals surface area contributed by atoms with Crippen LogP contribution in [-0.2, 0) is 11.2 Å². The number of halogens is 2. The number of carbonyl (C=O) groups is 2. The lowest BCUT2D eigenvalue weighted by molar-refractivity contribution is -0.384. The van der Waals surface area contributed by atoms with Crippen LogP contribution in [0.15, 0.2) is 24.3 Å². The second-order valence-electron chi connectivity index (χ2n) is 9.08. The fraction of sp³-hybridized carbons (Fsp3) is 0.375. The van der Waals surface area contributed by atoms with E-state index < -0.39 is 10.9 Å². The summed E-state index contributed by atoms with van der Waals surface area (Å²) in [6.45, 7) is 5.08. The summed E-state index contributed by atoms with van der Waals surface area (Å²) in [5.74, 6) is -0.240. The van der Waals surface area contributed by atoms with Crippen molar-refractivity contribution in [2.24, 2.45) is 11.8 Å². The Labute approximate surface area is 226 Å². The van der Waals surface area contributed by atoms with Crippen LogP contribution in [0.2, 0.25) is 10.0 Å². The van der Waals surface area contributed by atoms with Gasteiger partial charge in [0.05, 0.1) is 27.3 Å². The van der Waals surface area contributed by atoms with Crippen molar-refractivity contribution >= 4 is 57.2 Å². The van der Waals surface area contributed by atoms with E-state index in [4.69, 9.17) is 32.9 Å². The number of rotatable bonds is 8. The van der Waals surface area contributed by atoms with Crippen LogP contribution in [0.1, 0.15) is 44.0 Å². The van der Waals surface area contributed by atoms with E-state index in [1.807, 2.05) is 0 Å². The molecule has 2 aliphatic rings. The Bertz CT molecular complexity index is 1390. The molecule has 37 heavy (non-hydrogen) atoms. The van der Waals surface area contributed by atoms with Gasteiger partial charge in [-0.05, 0) is 19.4 Å². The molecule has 0 spiro atoms. The molecule has 0 bridgehead atoms. The fourth-order valence-electron chi connectivity index (χ4n) is 4.77. The van der Waals surface area contributed by atoms with Gasteiger partial charge in [0.2, 0.25) is 0 Å². The zero-order valence-corrected chi connectivity index (χ0v) is 22.2. The van der Waals surface area contributed by atoms with Gasteiger partial charge in [0.25, 0.3) is 11.6 Å². The molecule has 3 atom stereocenters. The molecule has 2 N–H and O–H groups in total. The molecular formula is C24H23Cl2N5O5S. The van der Waals surface area contributed by atoms with E-state index in [9.17, 15) is 19.7 Å². The van der Waals surface area contributed by atoms with Crippen molar-refractivity contribution in [1.29, 1.82) is 0 Å². The van der Waals surface area contributed by atoms with Gasteiger partial charge in [-0.1, -0.05) is 46.7 Å². The van der Waals surface area contributed by atoms with Crippen LogP contribution in [0, 0.1) is 28.9 Å². The van der Waals surface area contributed by atoms with Crippen molar-refractivity contribution in [3.8, 4) is 0 Å². The maximum atomic E-state index is 12.7. The molecule has 13 heteroatoms. The number of nitrogens with zero attached hydrogens (tertiary/aromatic N) is 3. The molecule has 5 rings (SSSR count). The second-order valence-corrected chi connectivity index (χ2v) is 10.8. The number of aromatic amines is 1. The molecule has 0 radical (unpaired) electrons.